The lowest BCUT2D eigenvalue weighted by molar-refractivity contribution is 0.102. The Morgan fingerprint density at radius 1 is 1.00 bits per heavy atom. The van der Waals surface area contributed by atoms with Gasteiger partial charge in [-0.1, -0.05) is 40.7 Å². The van der Waals surface area contributed by atoms with E-state index >= 15 is 0 Å². The highest BCUT2D eigenvalue weighted by Crippen LogP contribution is 2.37. The van der Waals surface area contributed by atoms with E-state index < -0.39 is 12.2 Å². The summed E-state index contributed by atoms with van der Waals surface area (Å²) in [4.78, 5) is 26.1. The summed E-state index contributed by atoms with van der Waals surface area (Å²) in [6.45, 7) is 15.2. The average molecular weight is 379 g/mol. The molecular formula is C21H33NO5. The fraction of sp³-hybridized carbons (Fsp3) is 0.619. The second-order valence-corrected chi connectivity index (χ2v) is 7.51. The van der Waals surface area contributed by atoms with Crippen LogP contribution < -0.4 is 9.47 Å². The summed E-state index contributed by atoms with van der Waals surface area (Å²) in [5.41, 5.74) is 1.54. The van der Waals surface area contributed by atoms with Crippen molar-refractivity contribution < 1.29 is 23.8 Å². The summed E-state index contributed by atoms with van der Waals surface area (Å²) >= 11 is 0. The standard InChI is InChI=1S/C21H33NO5/c1-8-11-22(12-9-2)19(23)27-18-15(4)13-16(21(5,6)7)14-17(18)26-20(24)25-10-3/h13-14H,8-12H2,1-7H3. The first-order valence-corrected chi connectivity index (χ1v) is 9.60. The largest absolute Gasteiger partial charge is 0.513 e. The maximum Gasteiger partial charge on any atom is 0.513 e. The Morgan fingerprint density at radius 3 is 2.07 bits per heavy atom. The van der Waals surface area contributed by atoms with E-state index in [4.69, 9.17) is 14.2 Å². The van der Waals surface area contributed by atoms with Gasteiger partial charge < -0.3 is 19.1 Å². The molecule has 0 heterocycles. The highest BCUT2D eigenvalue weighted by atomic mass is 16.7. The first-order valence-electron chi connectivity index (χ1n) is 9.60. The predicted octanol–water partition coefficient (Wildman–Crippen LogP) is 5.45. The molecule has 27 heavy (non-hydrogen) atoms. The summed E-state index contributed by atoms with van der Waals surface area (Å²) in [5.74, 6) is 0.443. The Balaban J connectivity index is 3.26. The van der Waals surface area contributed by atoms with Crippen molar-refractivity contribution in [2.24, 2.45) is 0 Å². The first-order chi connectivity index (χ1) is 12.6. The van der Waals surface area contributed by atoms with E-state index in [2.05, 4.69) is 20.8 Å². The monoisotopic (exact) mass is 379 g/mol. The van der Waals surface area contributed by atoms with Gasteiger partial charge in [-0.25, -0.2) is 9.59 Å². The van der Waals surface area contributed by atoms with Crippen molar-refractivity contribution in [3.63, 3.8) is 0 Å². The molecule has 1 aromatic rings. The molecule has 0 atom stereocenters. The lowest BCUT2D eigenvalue weighted by Crippen LogP contribution is -2.35. The molecule has 1 amide bonds. The SMILES string of the molecule is CCCN(CCC)C(=O)Oc1c(C)cc(C(C)(C)C)cc1OC(=O)OCC. The summed E-state index contributed by atoms with van der Waals surface area (Å²) in [7, 11) is 0. The number of aryl methyl sites for hydroxylation is 1. The van der Waals surface area contributed by atoms with Crippen molar-refractivity contribution in [2.45, 2.75) is 66.7 Å². The first kappa shape index (κ1) is 22.8. The van der Waals surface area contributed by atoms with Crippen LogP contribution in [-0.4, -0.2) is 36.8 Å². The summed E-state index contributed by atoms with van der Waals surface area (Å²) < 4.78 is 15.9. The molecule has 0 bridgehead atoms. The summed E-state index contributed by atoms with van der Waals surface area (Å²) in [6, 6.07) is 3.68. The lowest BCUT2D eigenvalue weighted by atomic mass is 9.86. The number of hydrogen-bond donors (Lipinski definition) is 0. The zero-order valence-electron chi connectivity index (χ0n) is 17.7. The van der Waals surface area contributed by atoms with Gasteiger partial charge in [0.05, 0.1) is 6.61 Å². The Labute approximate surface area is 162 Å². The van der Waals surface area contributed by atoms with Crippen LogP contribution in [0.4, 0.5) is 9.59 Å². The summed E-state index contributed by atoms with van der Waals surface area (Å²) in [6.07, 6.45) is 0.408. The van der Waals surface area contributed by atoms with Gasteiger partial charge in [-0.15, -0.1) is 0 Å². The van der Waals surface area contributed by atoms with E-state index in [1.807, 2.05) is 26.8 Å². The topological polar surface area (TPSA) is 65.1 Å². The zero-order chi connectivity index (χ0) is 20.6. The number of hydrogen-bond acceptors (Lipinski definition) is 5. The maximum atomic E-state index is 12.6. The van der Waals surface area contributed by atoms with Crippen LogP contribution >= 0.6 is 0 Å². The van der Waals surface area contributed by atoms with Gasteiger partial charge in [0.2, 0.25) is 0 Å². The van der Waals surface area contributed by atoms with Crippen LogP contribution in [0.3, 0.4) is 0 Å². The van der Waals surface area contributed by atoms with Gasteiger partial charge in [-0.3, -0.25) is 0 Å². The Kier molecular flexibility index (Phi) is 8.60. The van der Waals surface area contributed by atoms with E-state index in [0.29, 0.717) is 13.1 Å². The molecule has 0 radical (unpaired) electrons. The average Bonchev–Trinajstić information content (AvgIpc) is 2.56. The highest BCUT2D eigenvalue weighted by molar-refractivity contribution is 5.74. The minimum absolute atomic E-state index is 0.156. The molecule has 6 heteroatoms. The van der Waals surface area contributed by atoms with Gasteiger partial charge in [0, 0.05) is 13.1 Å². The smallest absolute Gasteiger partial charge is 0.434 e. The molecule has 0 fully saturated rings. The second-order valence-electron chi connectivity index (χ2n) is 7.51. The van der Waals surface area contributed by atoms with Crippen LogP contribution in [0.1, 0.15) is 65.5 Å². The molecule has 0 aromatic heterocycles. The van der Waals surface area contributed by atoms with Gasteiger partial charge >= 0.3 is 12.2 Å². The van der Waals surface area contributed by atoms with E-state index in [9.17, 15) is 9.59 Å². The van der Waals surface area contributed by atoms with Gasteiger partial charge in [-0.05, 0) is 49.3 Å². The third-order valence-corrected chi connectivity index (χ3v) is 4.00. The molecule has 0 saturated heterocycles. The molecule has 0 unspecified atom stereocenters. The molecule has 0 aliphatic carbocycles. The van der Waals surface area contributed by atoms with Crippen LogP contribution in [0.2, 0.25) is 0 Å². The number of carbonyl (C=O) groups is 2. The van der Waals surface area contributed by atoms with Crippen LogP contribution in [0.15, 0.2) is 12.1 Å². The highest BCUT2D eigenvalue weighted by Gasteiger charge is 2.24. The lowest BCUT2D eigenvalue weighted by Gasteiger charge is -2.24. The second kappa shape index (κ2) is 10.2. The van der Waals surface area contributed by atoms with E-state index in [1.165, 1.54) is 0 Å². The quantitative estimate of drug-likeness (QED) is 0.466. The third kappa shape index (κ3) is 6.77. The summed E-state index contributed by atoms with van der Waals surface area (Å²) in [5, 5.41) is 0. The normalized spacial score (nSPS) is 11.1. The molecule has 152 valence electrons. The van der Waals surface area contributed by atoms with E-state index in [1.54, 1.807) is 17.9 Å². The van der Waals surface area contributed by atoms with Crippen LogP contribution in [0.5, 0.6) is 11.5 Å². The number of rotatable bonds is 7. The van der Waals surface area contributed by atoms with Crippen molar-refractivity contribution in [3.8, 4) is 11.5 Å². The Hall–Kier alpha value is -2.24. The van der Waals surface area contributed by atoms with Gasteiger partial charge in [0.15, 0.2) is 11.5 Å². The molecule has 0 N–H and O–H groups in total. The molecule has 1 rings (SSSR count). The molecule has 0 aliphatic rings. The zero-order valence-corrected chi connectivity index (χ0v) is 17.7. The van der Waals surface area contributed by atoms with Crippen LogP contribution in [0.25, 0.3) is 0 Å². The van der Waals surface area contributed by atoms with Crippen LogP contribution in [0, 0.1) is 6.92 Å². The number of carbonyl (C=O) groups excluding carboxylic acids is 2. The molecule has 0 saturated carbocycles. The maximum absolute atomic E-state index is 12.6. The molecule has 1 aromatic carbocycles. The van der Waals surface area contributed by atoms with Crippen molar-refractivity contribution in [2.75, 3.05) is 19.7 Å². The molecule has 6 nitrogen and oxygen atoms in total. The number of nitrogens with zero attached hydrogens (tertiary/aromatic N) is 1. The van der Waals surface area contributed by atoms with Gasteiger partial charge in [0.25, 0.3) is 0 Å². The van der Waals surface area contributed by atoms with Gasteiger partial charge in [0.1, 0.15) is 0 Å². The fourth-order valence-corrected chi connectivity index (χ4v) is 2.60. The number of benzene rings is 1. The Bertz CT molecular complexity index is 643. The minimum Gasteiger partial charge on any atom is -0.434 e. The molecular weight excluding hydrogens is 346 g/mol. The number of ether oxygens (including phenoxy) is 3. The Morgan fingerprint density at radius 2 is 1.59 bits per heavy atom. The van der Waals surface area contributed by atoms with Crippen molar-refractivity contribution >= 4 is 12.2 Å². The van der Waals surface area contributed by atoms with Gasteiger partial charge in [-0.2, -0.15) is 0 Å². The van der Waals surface area contributed by atoms with Crippen molar-refractivity contribution in [1.29, 1.82) is 0 Å². The van der Waals surface area contributed by atoms with Crippen molar-refractivity contribution in [1.82, 2.24) is 4.90 Å². The fourth-order valence-electron chi connectivity index (χ4n) is 2.60. The van der Waals surface area contributed by atoms with E-state index in [-0.39, 0.29) is 23.5 Å². The predicted molar refractivity (Wildman–Crippen MR) is 106 cm³/mol. The molecule has 0 spiro atoms. The number of amides is 1. The van der Waals surface area contributed by atoms with Crippen molar-refractivity contribution in [3.05, 3.63) is 23.3 Å². The third-order valence-electron chi connectivity index (χ3n) is 4.00. The minimum atomic E-state index is -0.820. The van der Waals surface area contributed by atoms with E-state index in [0.717, 1.165) is 24.0 Å². The van der Waals surface area contributed by atoms with Crippen LogP contribution in [-0.2, 0) is 10.2 Å². The molecule has 0 aliphatic heterocycles.